The topological polar surface area (TPSA) is 3.88 Å². The Labute approximate surface area is 190 Å². The number of pyridine rings is 1. The van der Waals surface area contributed by atoms with Crippen molar-refractivity contribution in [2.24, 2.45) is 0 Å². The molecule has 0 unspecified atom stereocenters. The van der Waals surface area contributed by atoms with E-state index in [1.54, 1.807) is 0 Å². The van der Waals surface area contributed by atoms with Crippen LogP contribution in [0.2, 0.25) is 0 Å². The smallest absolute Gasteiger partial charge is 0.173 e. The summed E-state index contributed by atoms with van der Waals surface area (Å²) < 4.78 is 2.23. The van der Waals surface area contributed by atoms with E-state index in [2.05, 4.69) is 90.6 Å². The van der Waals surface area contributed by atoms with Crippen LogP contribution in [-0.4, -0.2) is 0 Å². The van der Waals surface area contributed by atoms with Crippen LogP contribution in [0.3, 0.4) is 0 Å². The molecule has 1 heterocycles. The van der Waals surface area contributed by atoms with Gasteiger partial charge in [0.25, 0.3) is 0 Å². The average molecular weight is 415 g/mol. The van der Waals surface area contributed by atoms with Gasteiger partial charge < -0.3 is 0 Å². The molecule has 164 valence electrons. The Balaban J connectivity index is 1.35. The standard InChI is InChI=1S/C30H40N/c1-2-3-4-5-6-7-8-9-10-12-15-27-18-20-29(21-19-27)30-22-24-31(25-23-30)26-28-16-13-11-14-17-28/h11,13-14,16-25H,2-10,12,15,26H2,1H3/q+1. The maximum atomic E-state index is 2.31. The van der Waals surface area contributed by atoms with Gasteiger partial charge in [-0.1, -0.05) is 119 Å². The lowest BCUT2D eigenvalue weighted by Gasteiger charge is -2.05. The highest BCUT2D eigenvalue weighted by Crippen LogP contribution is 2.20. The van der Waals surface area contributed by atoms with Crippen LogP contribution in [0.15, 0.2) is 79.1 Å². The fourth-order valence-electron chi connectivity index (χ4n) is 4.23. The second kappa shape index (κ2) is 13.8. The summed E-state index contributed by atoms with van der Waals surface area (Å²) in [4.78, 5) is 0. The van der Waals surface area contributed by atoms with Gasteiger partial charge in [-0.15, -0.1) is 0 Å². The van der Waals surface area contributed by atoms with E-state index in [1.807, 2.05) is 0 Å². The second-order valence-corrected chi connectivity index (χ2v) is 8.87. The molecule has 0 amide bonds. The molecule has 0 bridgehead atoms. The first-order valence-corrected chi connectivity index (χ1v) is 12.5. The minimum Gasteiger partial charge on any atom is -0.201 e. The summed E-state index contributed by atoms with van der Waals surface area (Å²) in [6, 6.07) is 24.2. The van der Waals surface area contributed by atoms with E-state index in [1.165, 1.54) is 92.9 Å². The van der Waals surface area contributed by atoms with Crippen molar-refractivity contribution in [3.63, 3.8) is 0 Å². The van der Waals surface area contributed by atoms with E-state index in [4.69, 9.17) is 0 Å². The highest BCUT2D eigenvalue weighted by atomic mass is 14.9. The minimum atomic E-state index is 0.916. The molecule has 0 fully saturated rings. The van der Waals surface area contributed by atoms with Crippen LogP contribution in [0.25, 0.3) is 11.1 Å². The summed E-state index contributed by atoms with van der Waals surface area (Å²) >= 11 is 0. The lowest BCUT2D eigenvalue weighted by atomic mass is 10.0. The van der Waals surface area contributed by atoms with Gasteiger partial charge in [0.15, 0.2) is 18.9 Å². The summed E-state index contributed by atoms with van der Waals surface area (Å²) in [5, 5.41) is 0. The molecule has 0 aliphatic carbocycles. The summed E-state index contributed by atoms with van der Waals surface area (Å²) in [6.45, 7) is 3.20. The Morgan fingerprint density at radius 1 is 0.516 bits per heavy atom. The molecule has 0 N–H and O–H groups in total. The maximum Gasteiger partial charge on any atom is 0.173 e. The quantitative estimate of drug-likeness (QED) is 0.185. The number of hydrogen-bond acceptors (Lipinski definition) is 0. The van der Waals surface area contributed by atoms with Crippen molar-refractivity contribution in [2.45, 2.75) is 84.1 Å². The molecule has 1 heteroatoms. The fraction of sp³-hybridized carbons (Fsp3) is 0.433. The van der Waals surface area contributed by atoms with E-state index in [0.717, 1.165) is 6.54 Å². The Morgan fingerprint density at radius 3 is 1.68 bits per heavy atom. The number of nitrogens with zero attached hydrogens (tertiary/aromatic N) is 1. The molecular formula is C30H40N+. The molecule has 0 saturated carbocycles. The summed E-state index contributed by atoms with van der Waals surface area (Å²) in [6.07, 6.45) is 19.6. The van der Waals surface area contributed by atoms with Crippen molar-refractivity contribution in [2.75, 3.05) is 0 Å². The SMILES string of the molecule is CCCCCCCCCCCCc1ccc(-c2cc[n+](Cc3ccccc3)cc2)cc1. The number of aryl methyl sites for hydroxylation is 1. The first-order chi connectivity index (χ1) is 15.3. The second-order valence-electron chi connectivity index (χ2n) is 8.87. The molecule has 0 aliphatic rings. The number of rotatable bonds is 14. The van der Waals surface area contributed by atoms with Gasteiger partial charge in [0.05, 0.1) is 0 Å². The molecule has 3 aromatic rings. The fourth-order valence-corrected chi connectivity index (χ4v) is 4.23. The van der Waals surface area contributed by atoms with Gasteiger partial charge in [0.2, 0.25) is 0 Å². The number of unbranched alkanes of at least 4 members (excludes halogenated alkanes) is 9. The molecule has 31 heavy (non-hydrogen) atoms. The Kier molecular flexibility index (Phi) is 10.4. The lowest BCUT2D eigenvalue weighted by Crippen LogP contribution is -2.32. The lowest BCUT2D eigenvalue weighted by molar-refractivity contribution is -0.688. The summed E-state index contributed by atoms with van der Waals surface area (Å²) in [5.74, 6) is 0. The minimum absolute atomic E-state index is 0.916. The zero-order valence-corrected chi connectivity index (χ0v) is 19.4. The van der Waals surface area contributed by atoms with Gasteiger partial charge in [0.1, 0.15) is 0 Å². The number of hydrogen-bond donors (Lipinski definition) is 0. The molecule has 0 atom stereocenters. The van der Waals surface area contributed by atoms with E-state index < -0.39 is 0 Å². The maximum absolute atomic E-state index is 2.31. The first-order valence-electron chi connectivity index (χ1n) is 12.5. The monoisotopic (exact) mass is 414 g/mol. The van der Waals surface area contributed by atoms with Crippen molar-refractivity contribution in [1.29, 1.82) is 0 Å². The first kappa shape index (κ1) is 23.3. The van der Waals surface area contributed by atoms with Crippen LogP contribution in [0.5, 0.6) is 0 Å². The van der Waals surface area contributed by atoms with E-state index >= 15 is 0 Å². The zero-order chi connectivity index (χ0) is 21.6. The highest BCUT2D eigenvalue weighted by molar-refractivity contribution is 5.62. The van der Waals surface area contributed by atoms with Crippen LogP contribution in [0.1, 0.15) is 82.3 Å². The number of aromatic nitrogens is 1. The van der Waals surface area contributed by atoms with Gasteiger partial charge >= 0.3 is 0 Å². The Morgan fingerprint density at radius 2 is 1.06 bits per heavy atom. The van der Waals surface area contributed by atoms with Gasteiger partial charge in [-0.3, -0.25) is 0 Å². The van der Waals surface area contributed by atoms with E-state index in [9.17, 15) is 0 Å². The van der Waals surface area contributed by atoms with Gasteiger partial charge in [-0.25, -0.2) is 4.57 Å². The Bertz CT molecular complexity index is 834. The highest BCUT2D eigenvalue weighted by Gasteiger charge is 2.04. The predicted octanol–water partition coefficient (Wildman–Crippen LogP) is 8.15. The third-order valence-corrected chi connectivity index (χ3v) is 6.21. The molecule has 0 saturated heterocycles. The Hall–Kier alpha value is -2.41. The van der Waals surface area contributed by atoms with Crippen LogP contribution < -0.4 is 4.57 Å². The van der Waals surface area contributed by atoms with Crippen molar-refractivity contribution >= 4 is 0 Å². The van der Waals surface area contributed by atoms with Gasteiger partial charge in [-0.2, -0.15) is 0 Å². The largest absolute Gasteiger partial charge is 0.201 e. The molecular weight excluding hydrogens is 374 g/mol. The molecule has 0 spiro atoms. The molecule has 1 aromatic heterocycles. The van der Waals surface area contributed by atoms with Crippen LogP contribution in [-0.2, 0) is 13.0 Å². The summed E-state index contributed by atoms with van der Waals surface area (Å²) in [7, 11) is 0. The number of benzene rings is 2. The predicted molar refractivity (Wildman–Crippen MR) is 133 cm³/mol. The average Bonchev–Trinajstić information content (AvgIpc) is 2.82. The van der Waals surface area contributed by atoms with Crippen LogP contribution in [0.4, 0.5) is 0 Å². The molecule has 2 aromatic carbocycles. The van der Waals surface area contributed by atoms with Crippen molar-refractivity contribution in [3.8, 4) is 11.1 Å². The van der Waals surface area contributed by atoms with Crippen molar-refractivity contribution in [1.82, 2.24) is 0 Å². The summed E-state index contributed by atoms with van der Waals surface area (Å²) in [5.41, 5.74) is 5.39. The van der Waals surface area contributed by atoms with E-state index in [0.29, 0.717) is 0 Å². The molecule has 1 nitrogen and oxygen atoms in total. The molecule has 0 radical (unpaired) electrons. The van der Waals surface area contributed by atoms with Gasteiger partial charge in [0, 0.05) is 17.7 Å². The van der Waals surface area contributed by atoms with E-state index in [-0.39, 0.29) is 0 Å². The van der Waals surface area contributed by atoms with Crippen LogP contribution >= 0.6 is 0 Å². The van der Waals surface area contributed by atoms with Crippen molar-refractivity contribution in [3.05, 3.63) is 90.3 Å². The molecule has 3 rings (SSSR count). The third kappa shape index (κ3) is 8.69. The zero-order valence-electron chi connectivity index (χ0n) is 19.4. The van der Waals surface area contributed by atoms with Gasteiger partial charge in [-0.05, 0) is 29.5 Å². The van der Waals surface area contributed by atoms with Crippen molar-refractivity contribution < 1.29 is 4.57 Å². The molecule has 0 aliphatic heterocycles. The van der Waals surface area contributed by atoms with Crippen LogP contribution in [0, 0.1) is 0 Å². The normalized spacial score (nSPS) is 11.0. The third-order valence-electron chi connectivity index (χ3n) is 6.21.